The number of ether oxygens (including phenoxy) is 1. The first-order chi connectivity index (χ1) is 6.15. The SMILES string of the molecule is COCC(C)n1cc(C(=O)O)cn1. The number of aromatic carboxylic acids is 1. The number of methoxy groups -OCH3 is 1. The number of carboxylic acid groups (broad SMARTS) is 1. The second-order valence-electron chi connectivity index (χ2n) is 2.82. The molecule has 0 radical (unpaired) electrons. The summed E-state index contributed by atoms with van der Waals surface area (Å²) in [6, 6.07) is 0.0538. The van der Waals surface area contributed by atoms with Crippen molar-refractivity contribution >= 4 is 5.97 Å². The highest BCUT2D eigenvalue weighted by Gasteiger charge is 2.09. The summed E-state index contributed by atoms with van der Waals surface area (Å²) in [5.41, 5.74) is 0.197. The van der Waals surface area contributed by atoms with Crippen molar-refractivity contribution in [3.63, 3.8) is 0 Å². The van der Waals surface area contributed by atoms with Crippen LogP contribution in [0.2, 0.25) is 0 Å². The lowest BCUT2D eigenvalue weighted by Gasteiger charge is -2.09. The molecule has 0 spiro atoms. The molecule has 5 nitrogen and oxygen atoms in total. The Balaban J connectivity index is 2.73. The number of aromatic nitrogens is 2. The molecule has 1 aromatic heterocycles. The van der Waals surface area contributed by atoms with Crippen LogP contribution >= 0.6 is 0 Å². The Morgan fingerprint density at radius 3 is 3.00 bits per heavy atom. The smallest absolute Gasteiger partial charge is 0.338 e. The van der Waals surface area contributed by atoms with Gasteiger partial charge in [-0.05, 0) is 6.92 Å². The van der Waals surface area contributed by atoms with E-state index in [1.165, 1.54) is 12.4 Å². The van der Waals surface area contributed by atoms with Crippen LogP contribution in [-0.2, 0) is 4.74 Å². The van der Waals surface area contributed by atoms with Gasteiger partial charge in [-0.3, -0.25) is 4.68 Å². The van der Waals surface area contributed by atoms with E-state index in [0.29, 0.717) is 6.61 Å². The zero-order valence-corrected chi connectivity index (χ0v) is 7.60. The van der Waals surface area contributed by atoms with E-state index in [1.807, 2.05) is 6.92 Å². The Morgan fingerprint density at radius 1 is 1.85 bits per heavy atom. The average Bonchev–Trinajstić information content (AvgIpc) is 2.52. The van der Waals surface area contributed by atoms with Crippen molar-refractivity contribution in [2.75, 3.05) is 13.7 Å². The third kappa shape index (κ3) is 2.29. The fraction of sp³-hybridized carbons (Fsp3) is 0.500. The number of hydrogen-bond donors (Lipinski definition) is 1. The minimum absolute atomic E-state index is 0.0538. The topological polar surface area (TPSA) is 64.3 Å². The molecule has 1 N–H and O–H groups in total. The maximum absolute atomic E-state index is 10.5. The summed E-state index contributed by atoms with van der Waals surface area (Å²) in [7, 11) is 1.60. The van der Waals surface area contributed by atoms with Crippen LogP contribution in [0.25, 0.3) is 0 Å². The lowest BCUT2D eigenvalue weighted by atomic mass is 10.3. The third-order valence-corrected chi connectivity index (χ3v) is 1.71. The van der Waals surface area contributed by atoms with Gasteiger partial charge in [0.15, 0.2) is 0 Å². The van der Waals surface area contributed by atoms with E-state index >= 15 is 0 Å². The predicted octanol–water partition coefficient (Wildman–Crippen LogP) is 0.789. The largest absolute Gasteiger partial charge is 0.478 e. The summed E-state index contributed by atoms with van der Waals surface area (Å²) in [4.78, 5) is 10.5. The molecule has 1 atom stereocenters. The van der Waals surface area contributed by atoms with E-state index in [0.717, 1.165) is 0 Å². The van der Waals surface area contributed by atoms with E-state index in [4.69, 9.17) is 9.84 Å². The van der Waals surface area contributed by atoms with Gasteiger partial charge in [0.25, 0.3) is 0 Å². The average molecular weight is 184 g/mol. The molecule has 5 heteroatoms. The lowest BCUT2D eigenvalue weighted by Crippen LogP contribution is -2.11. The van der Waals surface area contributed by atoms with E-state index in [-0.39, 0.29) is 11.6 Å². The van der Waals surface area contributed by atoms with E-state index in [1.54, 1.807) is 11.8 Å². The molecule has 13 heavy (non-hydrogen) atoms. The molecule has 0 saturated carbocycles. The molecule has 0 aliphatic rings. The first-order valence-corrected chi connectivity index (χ1v) is 3.91. The van der Waals surface area contributed by atoms with Gasteiger partial charge in [-0.15, -0.1) is 0 Å². The zero-order chi connectivity index (χ0) is 9.84. The van der Waals surface area contributed by atoms with Crippen LogP contribution in [0.15, 0.2) is 12.4 Å². The first-order valence-electron chi connectivity index (χ1n) is 3.91. The summed E-state index contributed by atoms with van der Waals surface area (Å²) in [6.07, 6.45) is 2.82. The summed E-state index contributed by atoms with van der Waals surface area (Å²) in [5, 5.41) is 12.5. The highest BCUT2D eigenvalue weighted by Crippen LogP contribution is 2.06. The summed E-state index contributed by atoms with van der Waals surface area (Å²) in [5.74, 6) is -0.962. The van der Waals surface area contributed by atoms with Crippen LogP contribution in [0.4, 0.5) is 0 Å². The molecular formula is C8H12N2O3. The summed E-state index contributed by atoms with van der Waals surface area (Å²) < 4.78 is 6.50. The van der Waals surface area contributed by atoms with Gasteiger partial charge in [-0.1, -0.05) is 0 Å². The molecule has 1 unspecified atom stereocenters. The highest BCUT2D eigenvalue weighted by atomic mass is 16.5. The van der Waals surface area contributed by atoms with Crippen LogP contribution < -0.4 is 0 Å². The number of rotatable bonds is 4. The molecule has 72 valence electrons. The second kappa shape index (κ2) is 4.04. The van der Waals surface area contributed by atoms with Crippen molar-refractivity contribution < 1.29 is 14.6 Å². The molecule has 0 amide bonds. The first kappa shape index (κ1) is 9.73. The lowest BCUT2D eigenvalue weighted by molar-refractivity contribution is 0.0696. The van der Waals surface area contributed by atoms with Crippen LogP contribution in [0, 0.1) is 0 Å². The fourth-order valence-corrected chi connectivity index (χ4v) is 1.01. The van der Waals surface area contributed by atoms with Gasteiger partial charge < -0.3 is 9.84 Å². The Bertz CT molecular complexity index is 295. The van der Waals surface area contributed by atoms with E-state index in [9.17, 15) is 4.79 Å². The van der Waals surface area contributed by atoms with Crippen LogP contribution in [-0.4, -0.2) is 34.6 Å². The van der Waals surface area contributed by atoms with Crippen LogP contribution in [0.3, 0.4) is 0 Å². The molecular weight excluding hydrogens is 172 g/mol. The normalized spacial score (nSPS) is 12.8. The monoisotopic (exact) mass is 184 g/mol. The molecule has 0 fully saturated rings. The van der Waals surface area contributed by atoms with Crippen molar-refractivity contribution in [1.29, 1.82) is 0 Å². The maximum Gasteiger partial charge on any atom is 0.338 e. The molecule has 1 heterocycles. The van der Waals surface area contributed by atoms with Crippen molar-refractivity contribution in [2.45, 2.75) is 13.0 Å². The molecule has 1 aromatic rings. The van der Waals surface area contributed by atoms with Gasteiger partial charge in [-0.25, -0.2) is 4.79 Å². The predicted molar refractivity (Wildman–Crippen MR) is 45.8 cm³/mol. The Morgan fingerprint density at radius 2 is 2.54 bits per heavy atom. The molecule has 0 aliphatic heterocycles. The highest BCUT2D eigenvalue weighted by molar-refractivity contribution is 5.86. The third-order valence-electron chi connectivity index (χ3n) is 1.71. The zero-order valence-electron chi connectivity index (χ0n) is 7.60. The molecule has 0 bridgehead atoms. The van der Waals surface area contributed by atoms with Gasteiger partial charge in [0.2, 0.25) is 0 Å². The summed E-state index contributed by atoms with van der Waals surface area (Å²) >= 11 is 0. The van der Waals surface area contributed by atoms with E-state index in [2.05, 4.69) is 5.10 Å². The second-order valence-corrected chi connectivity index (χ2v) is 2.82. The van der Waals surface area contributed by atoms with Crippen molar-refractivity contribution in [3.8, 4) is 0 Å². The van der Waals surface area contributed by atoms with Gasteiger partial charge >= 0.3 is 5.97 Å². The molecule has 1 rings (SSSR count). The van der Waals surface area contributed by atoms with Crippen LogP contribution in [0.5, 0.6) is 0 Å². The van der Waals surface area contributed by atoms with Gasteiger partial charge in [0.05, 0.1) is 24.4 Å². The number of hydrogen-bond acceptors (Lipinski definition) is 3. The van der Waals surface area contributed by atoms with Crippen LogP contribution in [0.1, 0.15) is 23.3 Å². The van der Waals surface area contributed by atoms with E-state index < -0.39 is 5.97 Å². The number of nitrogens with zero attached hydrogens (tertiary/aromatic N) is 2. The Kier molecular flexibility index (Phi) is 3.02. The van der Waals surface area contributed by atoms with Crippen molar-refractivity contribution in [2.24, 2.45) is 0 Å². The van der Waals surface area contributed by atoms with Crippen molar-refractivity contribution in [3.05, 3.63) is 18.0 Å². The molecule has 0 saturated heterocycles. The quantitative estimate of drug-likeness (QED) is 0.751. The fourth-order valence-electron chi connectivity index (χ4n) is 1.01. The van der Waals surface area contributed by atoms with Gasteiger partial charge in [0.1, 0.15) is 0 Å². The Labute approximate surface area is 75.9 Å². The standard InChI is InChI=1S/C8H12N2O3/c1-6(5-13-2)10-4-7(3-9-10)8(11)12/h3-4,6H,5H2,1-2H3,(H,11,12). The van der Waals surface area contributed by atoms with Gasteiger partial charge in [-0.2, -0.15) is 5.10 Å². The Hall–Kier alpha value is -1.36. The van der Waals surface area contributed by atoms with Crippen molar-refractivity contribution in [1.82, 2.24) is 9.78 Å². The summed E-state index contributed by atoms with van der Waals surface area (Å²) in [6.45, 7) is 2.42. The molecule has 0 aromatic carbocycles. The minimum atomic E-state index is -0.962. The maximum atomic E-state index is 10.5. The minimum Gasteiger partial charge on any atom is -0.478 e. The number of carbonyl (C=O) groups is 1. The van der Waals surface area contributed by atoms with Gasteiger partial charge in [0, 0.05) is 13.3 Å². The number of carboxylic acids is 1. The molecule has 0 aliphatic carbocycles.